The number of aromatic nitrogens is 1. The van der Waals surface area contributed by atoms with Gasteiger partial charge in [0.05, 0.1) is 6.20 Å². The van der Waals surface area contributed by atoms with Gasteiger partial charge in [0.15, 0.2) is 8.68 Å². The summed E-state index contributed by atoms with van der Waals surface area (Å²) in [6.45, 7) is 4.56. The quantitative estimate of drug-likeness (QED) is 0.834. The van der Waals surface area contributed by atoms with Crippen LogP contribution in [0.3, 0.4) is 0 Å². The van der Waals surface area contributed by atoms with Crippen LogP contribution in [-0.4, -0.2) is 31.3 Å². The highest BCUT2D eigenvalue weighted by Gasteiger charge is 2.24. The fourth-order valence-electron chi connectivity index (χ4n) is 1.18. The lowest BCUT2D eigenvalue weighted by atomic mass is 10.1. The molecule has 1 aromatic rings. The summed E-state index contributed by atoms with van der Waals surface area (Å²) in [6, 6.07) is 0. The first-order chi connectivity index (χ1) is 7.37. The molecule has 0 aromatic carbocycles. The van der Waals surface area contributed by atoms with E-state index >= 15 is 0 Å². The second-order valence-electron chi connectivity index (χ2n) is 3.73. The van der Waals surface area contributed by atoms with Crippen LogP contribution < -0.4 is 0 Å². The highest BCUT2D eigenvalue weighted by Crippen LogP contribution is 2.25. The summed E-state index contributed by atoms with van der Waals surface area (Å²) >= 11 is 6.61. The monoisotopic (exact) mass is 282 g/mol. The molecule has 0 aliphatic carbocycles. The fraction of sp³-hybridized carbons (Fsp3) is 0.667. The third kappa shape index (κ3) is 3.16. The summed E-state index contributed by atoms with van der Waals surface area (Å²) in [7, 11) is -1.84. The lowest BCUT2D eigenvalue weighted by Gasteiger charge is -2.19. The van der Waals surface area contributed by atoms with Gasteiger partial charge in [-0.2, -0.15) is 4.31 Å². The van der Waals surface area contributed by atoms with Crippen LogP contribution in [0.25, 0.3) is 0 Å². The van der Waals surface area contributed by atoms with Gasteiger partial charge in [-0.15, -0.1) is 0 Å². The molecule has 16 heavy (non-hydrogen) atoms. The molecular formula is C9H15ClN2O2S2. The van der Waals surface area contributed by atoms with Crippen LogP contribution in [-0.2, 0) is 10.0 Å². The van der Waals surface area contributed by atoms with Crippen molar-refractivity contribution in [1.29, 1.82) is 0 Å². The van der Waals surface area contributed by atoms with E-state index in [1.807, 2.05) is 13.8 Å². The van der Waals surface area contributed by atoms with Crippen LogP contribution in [0.5, 0.6) is 0 Å². The number of sulfonamides is 1. The average Bonchev–Trinajstić information content (AvgIpc) is 2.65. The fourth-order valence-corrected chi connectivity index (χ4v) is 3.97. The molecule has 0 aliphatic heterocycles. The first-order valence-corrected chi connectivity index (χ1v) is 7.59. The van der Waals surface area contributed by atoms with E-state index in [1.54, 1.807) is 7.05 Å². The van der Waals surface area contributed by atoms with E-state index in [0.29, 0.717) is 12.5 Å². The standard InChI is InChI=1S/C9H15ClN2O2S2/c1-4-7(2)6-12(3)16(13,14)8-5-11-9(10)15-8/h5,7H,4,6H2,1-3H3. The number of halogens is 1. The van der Waals surface area contributed by atoms with Crippen molar-refractivity contribution >= 4 is 33.0 Å². The summed E-state index contributed by atoms with van der Waals surface area (Å²) < 4.78 is 25.9. The number of thiazole rings is 1. The molecule has 1 unspecified atom stereocenters. The van der Waals surface area contributed by atoms with Crippen molar-refractivity contribution in [2.24, 2.45) is 5.92 Å². The smallest absolute Gasteiger partial charge is 0.232 e. The zero-order valence-electron chi connectivity index (χ0n) is 9.47. The van der Waals surface area contributed by atoms with Gasteiger partial charge in [0.2, 0.25) is 0 Å². The van der Waals surface area contributed by atoms with Crippen LogP contribution in [0.15, 0.2) is 10.4 Å². The van der Waals surface area contributed by atoms with Gasteiger partial charge < -0.3 is 0 Å². The van der Waals surface area contributed by atoms with Gasteiger partial charge in [0.1, 0.15) is 0 Å². The summed E-state index contributed by atoms with van der Waals surface area (Å²) in [5.41, 5.74) is 0. The Morgan fingerprint density at radius 3 is 2.69 bits per heavy atom. The molecule has 1 atom stereocenters. The number of rotatable bonds is 5. The maximum atomic E-state index is 12.0. The van der Waals surface area contributed by atoms with Crippen molar-refractivity contribution in [3.63, 3.8) is 0 Å². The summed E-state index contributed by atoms with van der Waals surface area (Å²) in [4.78, 5) is 3.74. The highest BCUT2D eigenvalue weighted by atomic mass is 35.5. The Kier molecular flexibility index (Phi) is 4.73. The van der Waals surface area contributed by atoms with Gasteiger partial charge in [-0.05, 0) is 5.92 Å². The Bertz CT molecular complexity index is 444. The van der Waals surface area contributed by atoms with Crippen molar-refractivity contribution in [2.45, 2.75) is 24.5 Å². The third-order valence-corrected chi connectivity index (χ3v) is 5.76. The number of hydrogen-bond donors (Lipinski definition) is 0. The molecule has 0 spiro atoms. The van der Waals surface area contributed by atoms with E-state index < -0.39 is 10.0 Å². The predicted octanol–water partition coefficient (Wildman–Crippen LogP) is 2.46. The van der Waals surface area contributed by atoms with E-state index in [4.69, 9.17) is 11.6 Å². The Morgan fingerprint density at radius 1 is 1.62 bits per heavy atom. The van der Waals surface area contributed by atoms with Gasteiger partial charge in [-0.3, -0.25) is 0 Å². The van der Waals surface area contributed by atoms with Crippen molar-refractivity contribution in [2.75, 3.05) is 13.6 Å². The normalized spacial score (nSPS) is 14.3. The number of nitrogens with zero attached hydrogens (tertiary/aromatic N) is 2. The van der Waals surface area contributed by atoms with Gasteiger partial charge >= 0.3 is 0 Å². The predicted molar refractivity (Wildman–Crippen MR) is 66.4 cm³/mol. The summed E-state index contributed by atoms with van der Waals surface area (Å²) in [5.74, 6) is 0.336. The van der Waals surface area contributed by atoms with Crippen LogP contribution in [0.1, 0.15) is 20.3 Å². The minimum Gasteiger partial charge on any atom is -0.232 e. The molecule has 0 N–H and O–H groups in total. The molecule has 0 bridgehead atoms. The van der Waals surface area contributed by atoms with Gasteiger partial charge in [0, 0.05) is 13.6 Å². The van der Waals surface area contributed by atoms with Gasteiger partial charge in [-0.25, -0.2) is 13.4 Å². The van der Waals surface area contributed by atoms with E-state index in [0.717, 1.165) is 17.8 Å². The Balaban J connectivity index is 2.86. The van der Waals surface area contributed by atoms with E-state index in [9.17, 15) is 8.42 Å². The maximum Gasteiger partial charge on any atom is 0.253 e. The zero-order valence-corrected chi connectivity index (χ0v) is 11.9. The van der Waals surface area contributed by atoms with E-state index in [-0.39, 0.29) is 8.68 Å². The van der Waals surface area contributed by atoms with E-state index in [2.05, 4.69) is 4.98 Å². The molecular weight excluding hydrogens is 268 g/mol. The Labute approximate surface area is 105 Å². The molecule has 0 saturated carbocycles. The van der Waals surface area contributed by atoms with Gasteiger partial charge in [-0.1, -0.05) is 43.2 Å². The Hall–Kier alpha value is -0.170. The first kappa shape index (κ1) is 13.9. The van der Waals surface area contributed by atoms with Crippen molar-refractivity contribution in [3.05, 3.63) is 10.7 Å². The highest BCUT2D eigenvalue weighted by molar-refractivity contribution is 7.91. The zero-order chi connectivity index (χ0) is 12.3. The first-order valence-electron chi connectivity index (χ1n) is 4.95. The summed E-state index contributed by atoms with van der Waals surface area (Å²) in [5, 5.41) is 0. The lowest BCUT2D eigenvalue weighted by molar-refractivity contribution is 0.394. The molecule has 92 valence electrons. The lowest BCUT2D eigenvalue weighted by Crippen LogP contribution is -2.30. The van der Waals surface area contributed by atoms with Crippen molar-refractivity contribution in [1.82, 2.24) is 9.29 Å². The van der Waals surface area contributed by atoms with Crippen LogP contribution in [0, 0.1) is 5.92 Å². The van der Waals surface area contributed by atoms with Crippen molar-refractivity contribution < 1.29 is 8.42 Å². The molecule has 0 amide bonds. The second kappa shape index (κ2) is 5.44. The third-order valence-electron chi connectivity index (χ3n) is 2.39. The molecule has 0 saturated heterocycles. The summed E-state index contributed by atoms with van der Waals surface area (Å²) in [6.07, 6.45) is 2.25. The SMILES string of the molecule is CCC(C)CN(C)S(=O)(=O)c1cnc(Cl)s1. The molecule has 0 radical (unpaired) electrons. The molecule has 7 heteroatoms. The molecule has 1 rings (SSSR count). The van der Waals surface area contributed by atoms with Crippen LogP contribution >= 0.6 is 22.9 Å². The maximum absolute atomic E-state index is 12.0. The largest absolute Gasteiger partial charge is 0.253 e. The molecule has 1 aromatic heterocycles. The van der Waals surface area contributed by atoms with Crippen LogP contribution in [0.2, 0.25) is 4.47 Å². The molecule has 0 fully saturated rings. The van der Waals surface area contributed by atoms with Crippen molar-refractivity contribution in [3.8, 4) is 0 Å². The number of hydrogen-bond acceptors (Lipinski definition) is 4. The Morgan fingerprint density at radius 2 is 2.25 bits per heavy atom. The second-order valence-corrected chi connectivity index (χ2v) is 7.62. The topological polar surface area (TPSA) is 50.3 Å². The molecule has 1 heterocycles. The minimum absolute atomic E-state index is 0.198. The minimum atomic E-state index is -3.42. The average molecular weight is 283 g/mol. The van der Waals surface area contributed by atoms with Crippen LogP contribution in [0.4, 0.5) is 0 Å². The van der Waals surface area contributed by atoms with Gasteiger partial charge in [0.25, 0.3) is 10.0 Å². The van der Waals surface area contributed by atoms with E-state index in [1.165, 1.54) is 10.5 Å². The molecule has 4 nitrogen and oxygen atoms in total. The molecule has 0 aliphatic rings.